The van der Waals surface area contributed by atoms with Crippen molar-refractivity contribution in [3.05, 3.63) is 41.2 Å². The maximum atomic E-state index is 12.9. The number of hydrogen-bond donors (Lipinski definition) is 1. The van der Waals surface area contributed by atoms with Gasteiger partial charge in [0.1, 0.15) is 11.4 Å². The van der Waals surface area contributed by atoms with Crippen molar-refractivity contribution in [3.8, 4) is 21.8 Å². The van der Waals surface area contributed by atoms with E-state index in [1.54, 1.807) is 17.5 Å². The molecular weight excluding hydrogens is 415 g/mol. The molecular formula is C21H22F3N3S2. The normalized spacial score (nSPS) is 13.8. The number of hydrogen-bond acceptors (Lipinski definition) is 4. The van der Waals surface area contributed by atoms with Crippen molar-refractivity contribution < 1.29 is 13.2 Å². The van der Waals surface area contributed by atoms with E-state index in [4.69, 9.17) is 0 Å². The molecule has 3 nitrogen and oxygen atoms in total. The summed E-state index contributed by atoms with van der Waals surface area (Å²) in [5.41, 5.74) is 3.71. The second-order valence-electron chi connectivity index (χ2n) is 7.18. The van der Waals surface area contributed by atoms with Gasteiger partial charge >= 0.3 is 6.18 Å². The summed E-state index contributed by atoms with van der Waals surface area (Å²) in [5, 5.41) is 5.89. The van der Waals surface area contributed by atoms with E-state index in [0.29, 0.717) is 5.69 Å². The minimum atomic E-state index is -4.44. The summed E-state index contributed by atoms with van der Waals surface area (Å²) >= 11 is 3.71. The van der Waals surface area contributed by atoms with Gasteiger partial charge in [0.25, 0.3) is 0 Å². The van der Waals surface area contributed by atoms with Gasteiger partial charge in [-0.2, -0.15) is 18.3 Å². The number of unbranched alkanes of at least 4 members (excludes halogenated alkanes) is 3. The van der Waals surface area contributed by atoms with Crippen molar-refractivity contribution in [2.24, 2.45) is 0 Å². The molecule has 3 aromatic rings. The van der Waals surface area contributed by atoms with Crippen molar-refractivity contribution >= 4 is 23.1 Å². The van der Waals surface area contributed by atoms with E-state index < -0.39 is 11.9 Å². The Morgan fingerprint density at radius 1 is 1.14 bits per heavy atom. The minimum absolute atomic E-state index is 0.210. The number of thiophene rings is 1. The highest BCUT2D eigenvalue weighted by Gasteiger charge is 2.33. The van der Waals surface area contributed by atoms with Crippen LogP contribution in [-0.4, -0.2) is 20.9 Å². The second-order valence-corrected chi connectivity index (χ2v) is 9.56. The lowest BCUT2D eigenvalue weighted by atomic mass is 9.98. The molecule has 0 saturated heterocycles. The monoisotopic (exact) mass is 437 g/mol. The fourth-order valence-electron chi connectivity index (χ4n) is 3.63. The van der Waals surface area contributed by atoms with Crippen molar-refractivity contribution in [2.45, 2.75) is 55.8 Å². The number of halogens is 3. The Balaban J connectivity index is 1.65. The highest BCUT2D eigenvalue weighted by molar-refractivity contribution is 8.01. The molecule has 1 aliphatic rings. The summed E-state index contributed by atoms with van der Waals surface area (Å²) in [6.07, 6.45) is 4.22. The van der Waals surface area contributed by atoms with Gasteiger partial charge in [-0.3, -0.25) is 10.1 Å². The molecule has 0 amide bonds. The summed E-state index contributed by atoms with van der Waals surface area (Å²) in [4.78, 5) is 5.49. The first kappa shape index (κ1) is 20.5. The molecule has 3 aromatic heterocycles. The van der Waals surface area contributed by atoms with Gasteiger partial charge in [0.2, 0.25) is 0 Å². The van der Waals surface area contributed by atoms with Gasteiger partial charge in [-0.15, -0.1) is 23.1 Å². The van der Waals surface area contributed by atoms with Gasteiger partial charge in [-0.1, -0.05) is 26.2 Å². The van der Waals surface area contributed by atoms with Crippen LogP contribution in [0.4, 0.5) is 13.2 Å². The first-order valence-electron chi connectivity index (χ1n) is 9.84. The second kappa shape index (κ2) is 8.52. The van der Waals surface area contributed by atoms with Crippen LogP contribution in [0.2, 0.25) is 0 Å². The highest BCUT2D eigenvalue weighted by Crippen LogP contribution is 2.47. The van der Waals surface area contributed by atoms with Crippen LogP contribution in [0.1, 0.15) is 49.4 Å². The molecule has 154 valence electrons. The van der Waals surface area contributed by atoms with Crippen LogP contribution < -0.4 is 0 Å². The fourth-order valence-corrected chi connectivity index (χ4v) is 6.38. The molecule has 4 rings (SSSR count). The number of pyridine rings is 1. The van der Waals surface area contributed by atoms with Crippen LogP contribution in [0.5, 0.6) is 0 Å². The molecule has 0 unspecified atom stereocenters. The molecule has 0 saturated carbocycles. The summed E-state index contributed by atoms with van der Waals surface area (Å²) in [6.45, 7) is 2.21. The van der Waals surface area contributed by atoms with Crippen molar-refractivity contribution in [1.82, 2.24) is 15.2 Å². The average molecular weight is 438 g/mol. The SMILES string of the molecule is CCCCCCc1c(-c2ccnc(-c3cc(C(F)(F)F)[nH]n3)c2)sc2c1CCS2. The molecule has 0 aliphatic carbocycles. The van der Waals surface area contributed by atoms with Crippen LogP contribution in [-0.2, 0) is 19.0 Å². The molecule has 0 fully saturated rings. The third kappa shape index (κ3) is 4.38. The summed E-state index contributed by atoms with van der Waals surface area (Å²) < 4.78 is 40.1. The molecule has 0 radical (unpaired) electrons. The number of rotatable bonds is 7. The summed E-state index contributed by atoms with van der Waals surface area (Å²) in [6, 6.07) is 4.82. The standard InChI is InChI=1S/C21H22F3N3S2/c1-2-3-4-5-6-14-15-8-10-28-20(15)29-19(14)13-7-9-25-16(11-13)17-12-18(27-26-17)21(22,23)24/h7,9,11-12H,2-6,8,10H2,1H3,(H,26,27). The first-order valence-corrected chi connectivity index (χ1v) is 11.6. The van der Waals surface area contributed by atoms with E-state index in [0.717, 1.165) is 30.2 Å². The number of nitrogens with zero attached hydrogens (tertiary/aromatic N) is 2. The number of aromatic amines is 1. The van der Waals surface area contributed by atoms with Gasteiger partial charge in [-0.25, -0.2) is 0 Å². The Kier molecular flexibility index (Phi) is 6.01. The number of nitrogens with one attached hydrogen (secondary N) is 1. The predicted molar refractivity (Wildman–Crippen MR) is 112 cm³/mol. The van der Waals surface area contributed by atoms with Gasteiger partial charge in [-0.05, 0) is 54.2 Å². The lowest BCUT2D eigenvalue weighted by Crippen LogP contribution is -2.04. The van der Waals surface area contributed by atoms with Crippen molar-refractivity contribution in [1.29, 1.82) is 0 Å². The maximum Gasteiger partial charge on any atom is 0.432 e. The van der Waals surface area contributed by atoms with Crippen LogP contribution in [0.15, 0.2) is 28.6 Å². The summed E-state index contributed by atoms with van der Waals surface area (Å²) in [7, 11) is 0. The zero-order valence-corrected chi connectivity index (χ0v) is 17.7. The van der Waals surface area contributed by atoms with Gasteiger partial charge in [0.15, 0.2) is 0 Å². The quantitative estimate of drug-likeness (QED) is 0.405. The number of H-pyrrole nitrogens is 1. The van der Waals surface area contributed by atoms with Gasteiger partial charge in [0.05, 0.1) is 9.90 Å². The minimum Gasteiger partial charge on any atom is -0.273 e. The number of aromatic nitrogens is 3. The number of fused-ring (bicyclic) bond motifs is 1. The average Bonchev–Trinajstić information content (AvgIpc) is 3.41. The Hall–Kier alpha value is -1.80. The van der Waals surface area contributed by atoms with Crippen LogP contribution in [0.25, 0.3) is 21.8 Å². The van der Waals surface area contributed by atoms with E-state index in [1.807, 2.05) is 23.9 Å². The molecule has 1 aliphatic heterocycles. The van der Waals surface area contributed by atoms with Gasteiger partial charge < -0.3 is 0 Å². The molecule has 1 N–H and O–H groups in total. The van der Waals surface area contributed by atoms with E-state index >= 15 is 0 Å². The van der Waals surface area contributed by atoms with Crippen LogP contribution in [0, 0.1) is 0 Å². The van der Waals surface area contributed by atoms with Crippen molar-refractivity contribution in [2.75, 3.05) is 5.75 Å². The first-order chi connectivity index (χ1) is 14.0. The molecule has 0 aromatic carbocycles. The lowest BCUT2D eigenvalue weighted by Gasteiger charge is -2.08. The smallest absolute Gasteiger partial charge is 0.273 e. The van der Waals surface area contributed by atoms with E-state index in [9.17, 15) is 13.2 Å². The topological polar surface area (TPSA) is 41.6 Å². The Labute approximate surface area is 176 Å². The highest BCUT2D eigenvalue weighted by atomic mass is 32.2. The molecule has 0 spiro atoms. The van der Waals surface area contributed by atoms with Crippen molar-refractivity contribution in [3.63, 3.8) is 0 Å². The fraction of sp³-hybridized carbons (Fsp3) is 0.429. The van der Waals surface area contributed by atoms with E-state index in [-0.39, 0.29) is 5.69 Å². The molecule has 4 heterocycles. The van der Waals surface area contributed by atoms with E-state index in [1.165, 1.54) is 45.9 Å². The zero-order chi connectivity index (χ0) is 20.4. The van der Waals surface area contributed by atoms with E-state index in [2.05, 4.69) is 22.1 Å². The molecule has 0 atom stereocenters. The van der Waals surface area contributed by atoms with Gasteiger partial charge in [0, 0.05) is 16.8 Å². The largest absolute Gasteiger partial charge is 0.432 e. The Morgan fingerprint density at radius 2 is 2.00 bits per heavy atom. The third-order valence-electron chi connectivity index (χ3n) is 5.11. The Morgan fingerprint density at radius 3 is 2.76 bits per heavy atom. The lowest BCUT2D eigenvalue weighted by molar-refractivity contribution is -0.141. The summed E-state index contributed by atoms with van der Waals surface area (Å²) in [5.74, 6) is 1.14. The maximum absolute atomic E-state index is 12.9. The number of alkyl halides is 3. The molecule has 29 heavy (non-hydrogen) atoms. The predicted octanol–water partition coefficient (Wildman–Crippen LogP) is 6.99. The third-order valence-corrected chi connectivity index (χ3v) is 7.75. The van der Waals surface area contributed by atoms with Crippen LogP contribution in [0.3, 0.4) is 0 Å². The molecule has 0 bridgehead atoms. The Bertz CT molecular complexity index is 991. The zero-order valence-electron chi connectivity index (χ0n) is 16.1. The number of thioether (sulfide) groups is 1. The molecule has 8 heteroatoms. The van der Waals surface area contributed by atoms with Crippen LogP contribution >= 0.6 is 23.1 Å².